The van der Waals surface area contributed by atoms with Crippen molar-refractivity contribution in [1.29, 1.82) is 0 Å². The molecule has 0 bridgehead atoms. The van der Waals surface area contributed by atoms with E-state index in [-0.39, 0.29) is 6.41 Å². The molecule has 0 fully saturated rings. The van der Waals surface area contributed by atoms with Crippen LogP contribution < -0.4 is 15.6 Å². The van der Waals surface area contributed by atoms with E-state index < -0.39 is 34.1 Å². The summed E-state index contributed by atoms with van der Waals surface area (Å²) in [7, 11) is 1.34. The van der Waals surface area contributed by atoms with Gasteiger partial charge in [0.05, 0.1) is 0 Å². The fourth-order valence-electron chi connectivity index (χ4n) is 0. The second kappa shape index (κ2) is 43.6. The molecule has 0 saturated heterocycles. The van der Waals surface area contributed by atoms with E-state index in [0.29, 0.717) is 6.29 Å². The fraction of sp³-hybridized carbons (Fsp3) is 0.200. The molecule has 2 atom stereocenters. The number of carbonyl (C=O) groups is 2. The molecule has 0 aromatic rings. The highest BCUT2D eigenvalue weighted by molar-refractivity contribution is 7.77. The van der Waals surface area contributed by atoms with Crippen molar-refractivity contribution in [2.45, 2.75) is 0 Å². The van der Waals surface area contributed by atoms with Crippen LogP contribution in [0.1, 0.15) is 0 Å². The first-order valence-electron chi connectivity index (χ1n) is 3.49. The van der Waals surface area contributed by atoms with Crippen LogP contribution in [-0.2, 0) is 43.7 Å². The van der Waals surface area contributed by atoms with Crippen molar-refractivity contribution < 1.29 is 35.5 Å². The Bertz CT molecular complexity index is 271. The number of nitrogens with two attached hydrogens (primary N) is 2. The van der Waals surface area contributed by atoms with E-state index >= 15 is 0 Å². The lowest BCUT2D eigenvalue weighted by molar-refractivity contribution is -0.107. The lowest BCUT2D eigenvalue weighted by atomic mass is 10.8. The number of allylic oxidation sites excluding steroid dienone is 1. The standard InChI is InChI=1S/C3H4O.CH5NO2S.CH3NO.H3NO2S.O2S/c1-2-3-4;1-2-5(3)4;2-1-3;1-4(2)3;1-3-2/h2-3H,1H2;2H,1H3,(H,3,4);1H,(H2,2,3);1H2,(H,2,3);/p-2. The molecule has 0 aromatic carbocycles. The zero-order valence-corrected chi connectivity index (χ0v) is 12.0. The van der Waals surface area contributed by atoms with Crippen molar-refractivity contribution in [2.75, 3.05) is 7.05 Å². The van der Waals surface area contributed by atoms with Gasteiger partial charge in [0.1, 0.15) is 6.29 Å². The van der Waals surface area contributed by atoms with E-state index in [1.54, 1.807) is 0 Å². The number of rotatable bonds is 2. The molecule has 0 rings (SSSR count). The molecule has 1 amide bonds. The van der Waals surface area contributed by atoms with Gasteiger partial charge in [-0.2, -0.15) is 8.42 Å². The summed E-state index contributed by atoms with van der Waals surface area (Å²) in [6, 6.07) is 0. The average molecular weight is 339 g/mol. The Balaban J connectivity index is -0.0000000437. The smallest absolute Gasteiger partial charge is 0.335 e. The van der Waals surface area contributed by atoms with Crippen molar-refractivity contribution >= 4 is 46.8 Å². The van der Waals surface area contributed by atoms with Crippen molar-refractivity contribution in [3.63, 3.8) is 0 Å². The van der Waals surface area contributed by atoms with Crippen LogP contribution in [-0.4, -0.2) is 45.7 Å². The molecule has 19 heavy (non-hydrogen) atoms. The molecule has 0 aliphatic carbocycles. The van der Waals surface area contributed by atoms with Crippen LogP contribution in [0.4, 0.5) is 0 Å². The molecule has 116 valence electrons. The zero-order chi connectivity index (χ0) is 16.7. The predicted octanol–water partition coefficient (Wildman–Crippen LogP) is -3.46. The van der Waals surface area contributed by atoms with Crippen LogP contribution in [0.15, 0.2) is 12.7 Å². The third kappa shape index (κ3) is 1100. The largest absolute Gasteiger partial charge is 0.760 e. The molecular formula is C5H13N3O8S3-2. The van der Waals surface area contributed by atoms with Gasteiger partial charge >= 0.3 is 11.6 Å². The summed E-state index contributed by atoms with van der Waals surface area (Å²) in [6.45, 7) is 3.11. The molecule has 14 heteroatoms. The van der Waals surface area contributed by atoms with Crippen LogP contribution in [0.5, 0.6) is 0 Å². The summed E-state index contributed by atoms with van der Waals surface area (Å²) < 4.78 is 54.6. The highest BCUT2D eigenvalue weighted by Crippen LogP contribution is 1.47. The lowest BCUT2D eigenvalue weighted by Gasteiger charge is -1.95. The topological polar surface area (TPSA) is 213 Å². The van der Waals surface area contributed by atoms with E-state index in [1.165, 1.54) is 13.1 Å². The molecule has 0 radical (unpaired) electrons. The van der Waals surface area contributed by atoms with Gasteiger partial charge in [-0.1, -0.05) is 6.58 Å². The molecule has 2 unspecified atom stereocenters. The third-order valence-electron chi connectivity index (χ3n) is 0.263. The normalized spacial score (nSPS) is 9.47. The maximum absolute atomic E-state index is 9.26. The van der Waals surface area contributed by atoms with E-state index in [9.17, 15) is 8.76 Å². The van der Waals surface area contributed by atoms with Crippen molar-refractivity contribution in [2.24, 2.45) is 10.9 Å². The molecule has 0 saturated carbocycles. The van der Waals surface area contributed by atoms with Gasteiger partial charge in [-0.3, -0.25) is 27.9 Å². The van der Waals surface area contributed by atoms with Crippen molar-refractivity contribution in [3.05, 3.63) is 12.7 Å². The van der Waals surface area contributed by atoms with Gasteiger partial charge < -0.3 is 14.8 Å². The number of nitrogens with one attached hydrogen (secondary N) is 1. The van der Waals surface area contributed by atoms with Gasteiger partial charge in [0.15, 0.2) is 0 Å². The Labute approximate surface area is 118 Å². The molecule has 0 aliphatic rings. The molecular weight excluding hydrogens is 326 g/mol. The van der Waals surface area contributed by atoms with Gasteiger partial charge in [-0.05, 0) is 13.1 Å². The highest BCUT2D eigenvalue weighted by atomic mass is 32.2. The number of primary amides is 1. The zero-order valence-electron chi connectivity index (χ0n) is 9.58. The van der Waals surface area contributed by atoms with Crippen LogP contribution >= 0.6 is 0 Å². The first-order valence-corrected chi connectivity index (χ1v) is 6.37. The third-order valence-corrected chi connectivity index (χ3v) is 0.596. The first kappa shape index (κ1) is 30.7. The Morgan fingerprint density at radius 3 is 1.37 bits per heavy atom. The SMILES string of the molecule is C=CC=O.CNS(=O)[O-].NC=O.NS(=O)[O-].O=S=O. The fourth-order valence-corrected chi connectivity index (χ4v) is 0. The summed E-state index contributed by atoms with van der Waals surface area (Å²) in [6.07, 6.45) is 2.08. The summed E-state index contributed by atoms with van der Waals surface area (Å²) in [4.78, 5) is 17.6. The monoisotopic (exact) mass is 339 g/mol. The Hall–Kier alpha value is -1.16. The second-order valence-corrected chi connectivity index (χ2v) is 2.81. The Morgan fingerprint density at radius 2 is 1.37 bits per heavy atom. The Morgan fingerprint density at radius 1 is 1.26 bits per heavy atom. The van der Waals surface area contributed by atoms with Crippen LogP contribution in [0, 0.1) is 0 Å². The van der Waals surface area contributed by atoms with Gasteiger partial charge in [0.25, 0.3) is 0 Å². The molecule has 5 N–H and O–H groups in total. The number of hydrogen-bond acceptors (Lipinski definition) is 8. The molecule has 0 aliphatic heterocycles. The minimum Gasteiger partial charge on any atom is -0.760 e. The first-order chi connectivity index (χ1) is 8.74. The molecule has 0 spiro atoms. The van der Waals surface area contributed by atoms with Crippen LogP contribution in [0.3, 0.4) is 0 Å². The van der Waals surface area contributed by atoms with Crippen LogP contribution in [0.25, 0.3) is 0 Å². The molecule has 0 heterocycles. The quantitative estimate of drug-likeness (QED) is 0.260. The van der Waals surface area contributed by atoms with E-state index in [1.807, 2.05) is 4.72 Å². The minimum atomic E-state index is -2.36. The average Bonchev–Trinajstić information content (AvgIpc) is 2.30. The van der Waals surface area contributed by atoms with Gasteiger partial charge in [-0.15, -0.1) is 0 Å². The van der Waals surface area contributed by atoms with E-state index in [0.717, 1.165) is 0 Å². The summed E-state index contributed by atoms with van der Waals surface area (Å²) >= 11 is -5.18. The van der Waals surface area contributed by atoms with Gasteiger partial charge in [0, 0.05) is 22.5 Å². The van der Waals surface area contributed by atoms with Crippen LogP contribution in [0.2, 0.25) is 0 Å². The Kier molecular flexibility index (Phi) is 70.5. The number of aldehydes is 1. The highest BCUT2D eigenvalue weighted by Gasteiger charge is 1.57. The van der Waals surface area contributed by atoms with E-state index in [4.69, 9.17) is 26.8 Å². The van der Waals surface area contributed by atoms with Gasteiger partial charge in [-0.25, -0.2) is 0 Å². The molecule has 11 nitrogen and oxygen atoms in total. The summed E-state index contributed by atoms with van der Waals surface area (Å²) in [5.74, 6) is 0. The van der Waals surface area contributed by atoms with Gasteiger partial charge in [0.2, 0.25) is 6.41 Å². The summed E-state index contributed by atoms with van der Waals surface area (Å²) in [5.41, 5.74) is 4.17. The number of carbonyl (C=O) groups excluding carboxylic acids is 2. The maximum Gasteiger partial charge on any atom is 0.335 e. The van der Waals surface area contributed by atoms with Crippen molar-refractivity contribution in [1.82, 2.24) is 4.72 Å². The lowest BCUT2D eigenvalue weighted by Crippen LogP contribution is -2.07. The second-order valence-electron chi connectivity index (χ2n) is 1.28. The number of amides is 1. The van der Waals surface area contributed by atoms with E-state index in [2.05, 4.69) is 17.5 Å². The molecule has 0 aromatic heterocycles. The number of hydrogen-bond donors (Lipinski definition) is 3. The maximum atomic E-state index is 9.26. The van der Waals surface area contributed by atoms with Crippen molar-refractivity contribution in [3.8, 4) is 0 Å². The minimum absolute atomic E-state index is 0.250. The predicted molar refractivity (Wildman–Crippen MR) is 66.5 cm³/mol. The summed E-state index contributed by atoms with van der Waals surface area (Å²) in [5, 5.41) is 4.03.